The number of fused-ring (bicyclic) bond motifs is 1. The van der Waals surface area contributed by atoms with E-state index in [1.807, 2.05) is 6.92 Å². The predicted molar refractivity (Wildman–Crippen MR) is 170 cm³/mol. The van der Waals surface area contributed by atoms with Gasteiger partial charge >= 0.3 is 19.1 Å². The van der Waals surface area contributed by atoms with Gasteiger partial charge in [-0.2, -0.15) is 5.10 Å². The quantitative estimate of drug-likeness (QED) is 0.283. The Bertz CT molecular complexity index is 1410. The first kappa shape index (κ1) is 33.2. The fourth-order valence-electron chi connectivity index (χ4n) is 8.60. The van der Waals surface area contributed by atoms with E-state index in [1.165, 1.54) is 6.21 Å². The number of carbonyl (C=O) groups is 3. The van der Waals surface area contributed by atoms with Gasteiger partial charge in [0.15, 0.2) is 6.61 Å². The molecule has 244 valence electrons. The fourth-order valence-corrected chi connectivity index (χ4v) is 8.60. The summed E-state index contributed by atoms with van der Waals surface area (Å²) in [4.78, 5) is 40.5. The molecule has 2 N–H and O–H groups in total. The number of ketones is 1. The summed E-state index contributed by atoms with van der Waals surface area (Å²) >= 11 is 0. The molecule has 11 heteroatoms. The summed E-state index contributed by atoms with van der Waals surface area (Å²) in [6.45, 7) is 17.1. The van der Waals surface area contributed by atoms with Crippen molar-refractivity contribution in [1.29, 1.82) is 0 Å². The molecule has 3 fully saturated rings. The molecule has 45 heavy (non-hydrogen) atoms. The van der Waals surface area contributed by atoms with Crippen LogP contribution < -0.4 is 10.2 Å². The molecule has 10 nitrogen and oxygen atoms in total. The largest absolute Gasteiger partial charge is 0.482 e. The van der Waals surface area contributed by atoms with Gasteiger partial charge in [-0.05, 0) is 86.9 Å². The summed E-state index contributed by atoms with van der Waals surface area (Å²) in [7, 11) is -1.41. The molecule has 5 rings (SSSR count). The standard InChI is InChI=1S/C34H47BN2O8/c1-9-32(7)17-26(33(8)20(2)12-14-34(21(3)29(32)40)15-13-25(38)28(33)34)44-27(39)19-43-23-11-10-22-18-36-37(35(42)24(22)16-23)30(41)45-31(4,5)6/h9-11,16,18,20-21,26,28-29,40,42H,1,12-15,17,19H2,2-8H3/t20-,21-,26+,28-,29-,32+,33-,34-/m0/s1. The van der Waals surface area contributed by atoms with Crippen LogP contribution in [0, 0.1) is 34.0 Å². The van der Waals surface area contributed by atoms with Gasteiger partial charge in [0.25, 0.3) is 0 Å². The van der Waals surface area contributed by atoms with Crippen LogP contribution in [0.25, 0.3) is 0 Å². The molecule has 3 aliphatic carbocycles. The van der Waals surface area contributed by atoms with Crippen LogP contribution in [0.2, 0.25) is 0 Å². The zero-order valence-electron chi connectivity index (χ0n) is 27.5. The second kappa shape index (κ2) is 11.6. The lowest BCUT2D eigenvalue weighted by Crippen LogP contribution is -2.63. The van der Waals surface area contributed by atoms with Gasteiger partial charge in [0, 0.05) is 23.2 Å². The fraction of sp³-hybridized carbons (Fsp3) is 0.647. The van der Waals surface area contributed by atoms with Crippen molar-refractivity contribution in [3.8, 4) is 5.75 Å². The zero-order valence-corrected chi connectivity index (χ0v) is 27.5. The van der Waals surface area contributed by atoms with Crippen molar-refractivity contribution in [2.45, 2.75) is 98.4 Å². The van der Waals surface area contributed by atoms with Crippen molar-refractivity contribution in [3.63, 3.8) is 0 Å². The van der Waals surface area contributed by atoms with Crippen LogP contribution >= 0.6 is 0 Å². The highest BCUT2D eigenvalue weighted by atomic mass is 16.6. The van der Waals surface area contributed by atoms with Crippen LogP contribution in [0.5, 0.6) is 5.75 Å². The average Bonchev–Trinajstić information content (AvgIpc) is 3.33. The third-order valence-electron chi connectivity index (χ3n) is 11.4. The Morgan fingerprint density at radius 3 is 2.60 bits per heavy atom. The van der Waals surface area contributed by atoms with Crippen LogP contribution in [0.4, 0.5) is 4.79 Å². The highest BCUT2D eigenvalue weighted by molar-refractivity contribution is 6.67. The number of aliphatic hydroxyl groups excluding tert-OH is 1. The van der Waals surface area contributed by atoms with Gasteiger partial charge in [0.2, 0.25) is 0 Å². The summed E-state index contributed by atoms with van der Waals surface area (Å²) in [5.41, 5.74) is -1.53. The molecular weight excluding hydrogens is 575 g/mol. The Morgan fingerprint density at radius 1 is 1.22 bits per heavy atom. The third-order valence-corrected chi connectivity index (χ3v) is 11.4. The average molecular weight is 623 g/mol. The molecule has 0 unspecified atom stereocenters. The molecule has 1 aliphatic heterocycles. The van der Waals surface area contributed by atoms with Crippen LogP contribution in [0.3, 0.4) is 0 Å². The van der Waals surface area contributed by atoms with E-state index in [0.717, 1.165) is 24.2 Å². The zero-order chi connectivity index (χ0) is 33.1. The molecule has 1 amide bonds. The minimum Gasteiger partial charge on any atom is -0.482 e. The lowest BCUT2D eigenvalue weighted by molar-refractivity contribution is -0.207. The predicted octanol–water partition coefficient (Wildman–Crippen LogP) is 4.24. The molecular formula is C34H47BN2O8. The van der Waals surface area contributed by atoms with E-state index in [1.54, 1.807) is 45.0 Å². The maximum Gasteiger partial charge on any atom is 0.478 e. The van der Waals surface area contributed by atoms with Crippen molar-refractivity contribution in [2.75, 3.05) is 6.61 Å². The summed E-state index contributed by atoms with van der Waals surface area (Å²) in [6.07, 6.45) is 4.29. The van der Waals surface area contributed by atoms with Gasteiger partial charge in [-0.3, -0.25) is 4.79 Å². The maximum atomic E-state index is 13.6. The van der Waals surface area contributed by atoms with E-state index in [4.69, 9.17) is 14.2 Å². The number of hydrogen-bond donors (Lipinski definition) is 2. The monoisotopic (exact) mass is 622 g/mol. The summed E-state index contributed by atoms with van der Waals surface area (Å²) < 4.78 is 17.4. The minimum atomic E-state index is -1.41. The number of benzene rings is 1. The number of esters is 1. The Labute approximate surface area is 266 Å². The third kappa shape index (κ3) is 5.60. The molecule has 4 aliphatic rings. The molecule has 1 aromatic carbocycles. The normalized spacial score (nSPS) is 35.9. The number of amides is 1. The molecule has 8 atom stereocenters. The molecule has 0 aromatic heterocycles. The Kier molecular flexibility index (Phi) is 8.53. The Balaban J connectivity index is 1.36. The van der Waals surface area contributed by atoms with E-state index in [-0.39, 0.29) is 29.0 Å². The highest BCUT2D eigenvalue weighted by Crippen LogP contribution is 2.68. The maximum absolute atomic E-state index is 13.6. The molecule has 2 bridgehead atoms. The summed E-state index contributed by atoms with van der Waals surface area (Å²) in [5.74, 6) is -0.421. The van der Waals surface area contributed by atoms with E-state index in [0.29, 0.717) is 29.6 Å². The van der Waals surface area contributed by atoms with Crippen molar-refractivity contribution in [2.24, 2.45) is 39.1 Å². The van der Waals surface area contributed by atoms with Gasteiger partial charge < -0.3 is 24.3 Å². The van der Waals surface area contributed by atoms with E-state index in [9.17, 15) is 24.5 Å². The SMILES string of the molecule is C=C[C@]1(C)C[C@@H](OC(=O)COc2ccc3c(c2)B(O)N(C(=O)OC(C)(C)C)N=C3)[C@@]2(C)[C@@H]3C(=O)CC[C@@]3(CC[C@@H]2C)[C@@H](C)[C@@H]1O. The van der Waals surface area contributed by atoms with Gasteiger partial charge in [0.05, 0.1) is 12.3 Å². The van der Waals surface area contributed by atoms with Crippen molar-refractivity contribution in [3.05, 3.63) is 36.4 Å². The molecule has 3 saturated carbocycles. The Hall–Kier alpha value is -3.18. The number of ether oxygens (including phenoxy) is 3. The van der Waals surface area contributed by atoms with E-state index < -0.39 is 54.4 Å². The van der Waals surface area contributed by atoms with Crippen LogP contribution in [0.15, 0.2) is 36.0 Å². The van der Waals surface area contributed by atoms with Crippen molar-refractivity contribution in [1.82, 2.24) is 4.92 Å². The minimum absolute atomic E-state index is 0.112. The van der Waals surface area contributed by atoms with Crippen LogP contribution in [-0.4, -0.2) is 70.6 Å². The van der Waals surface area contributed by atoms with Gasteiger partial charge in [-0.15, -0.1) is 6.58 Å². The van der Waals surface area contributed by atoms with Gasteiger partial charge in [-0.25, -0.2) is 14.5 Å². The lowest BCUT2D eigenvalue weighted by Gasteiger charge is -2.61. The first-order valence-electron chi connectivity index (χ1n) is 16.0. The van der Waals surface area contributed by atoms with E-state index in [2.05, 4.69) is 32.5 Å². The van der Waals surface area contributed by atoms with E-state index >= 15 is 0 Å². The van der Waals surface area contributed by atoms with Crippen LogP contribution in [0.1, 0.15) is 86.1 Å². The number of Topliss-reactive ketones (excluding diaryl/α,β-unsaturated/α-hetero) is 1. The summed E-state index contributed by atoms with van der Waals surface area (Å²) in [6, 6.07) is 4.87. The highest BCUT2D eigenvalue weighted by Gasteiger charge is 2.68. The topological polar surface area (TPSA) is 135 Å². The first-order valence-corrected chi connectivity index (χ1v) is 16.0. The molecule has 1 heterocycles. The number of aliphatic hydroxyl groups is 1. The number of carbonyl (C=O) groups excluding carboxylic acids is 3. The first-order chi connectivity index (χ1) is 21.0. The molecule has 1 aromatic rings. The second-order valence-electron chi connectivity index (χ2n) is 15.1. The smallest absolute Gasteiger partial charge is 0.478 e. The number of nitrogens with zero attached hydrogens (tertiary/aromatic N) is 2. The lowest BCUT2D eigenvalue weighted by atomic mass is 9.44. The number of rotatable bonds is 5. The second-order valence-corrected chi connectivity index (χ2v) is 15.1. The van der Waals surface area contributed by atoms with Crippen molar-refractivity contribution >= 4 is 36.6 Å². The molecule has 0 spiro atoms. The summed E-state index contributed by atoms with van der Waals surface area (Å²) in [5, 5.41) is 26.7. The van der Waals surface area contributed by atoms with Gasteiger partial charge in [-0.1, -0.05) is 39.8 Å². The van der Waals surface area contributed by atoms with Crippen LogP contribution in [-0.2, 0) is 19.1 Å². The van der Waals surface area contributed by atoms with Crippen molar-refractivity contribution < 1.29 is 38.7 Å². The molecule has 0 saturated heterocycles. The molecule has 0 radical (unpaired) electrons. The number of hydrogen-bond acceptors (Lipinski definition) is 9. The Morgan fingerprint density at radius 2 is 1.93 bits per heavy atom. The van der Waals surface area contributed by atoms with Gasteiger partial charge in [0.1, 0.15) is 23.2 Å². The number of hydrazone groups is 1.